The van der Waals surface area contributed by atoms with E-state index in [0.717, 1.165) is 0 Å². The van der Waals surface area contributed by atoms with E-state index in [1.54, 1.807) is 6.07 Å². The smallest absolute Gasteiger partial charge is 0.147 e. The molecule has 6 heteroatoms. The molecule has 96 valence electrons. The zero-order valence-corrected chi connectivity index (χ0v) is 12.1. The van der Waals surface area contributed by atoms with E-state index < -0.39 is 11.9 Å². The average Bonchev–Trinajstić information content (AvgIpc) is 3.05. The Morgan fingerprint density at radius 3 is 2.71 bits per heavy atom. The number of nitrogens with one attached hydrogen (secondary N) is 1. The van der Waals surface area contributed by atoms with Crippen LogP contribution in [0, 0.1) is 9.39 Å². The Labute approximate surface area is 120 Å². The summed E-state index contributed by atoms with van der Waals surface area (Å²) in [5.74, 6) is -0.465. The van der Waals surface area contributed by atoms with Gasteiger partial charge in [-0.2, -0.15) is 0 Å². The first-order chi connectivity index (χ1) is 7.58. The number of halogens is 3. The number of rotatable bonds is 4. The fourth-order valence-electron chi connectivity index (χ4n) is 1.48. The lowest BCUT2D eigenvalue weighted by atomic mass is 10.1. The molecule has 0 bridgehead atoms. The summed E-state index contributed by atoms with van der Waals surface area (Å²) in [5, 5.41) is 13.1. The van der Waals surface area contributed by atoms with Crippen molar-refractivity contribution in [1.29, 1.82) is 0 Å². The molecular formula is C11H15ClFIN2O. The number of anilines is 1. The molecule has 0 radical (unpaired) electrons. The molecule has 0 amide bonds. The molecule has 3 nitrogen and oxygen atoms in total. The summed E-state index contributed by atoms with van der Waals surface area (Å²) in [4.78, 5) is 0. The monoisotopic (exact) mass is 372 g/mol. The van der Waals surface area contributed by atoms with Gasteiger partial charge in [0.05, 0.1) is 11.8 Å². The molecule has 1 fully saturated rings. The van der Waals surface area contributed by atoms with Crippen LogP contribution < -0.4 is 11.1 Å². The molecule has 17 heavy (non-hydrogen) atoms. The lowest BCUT2D eigenvalue weighted by molar-refractivity contribution is 0.174. The SMILES string of the molecule is Cl.Nc1c(F)cc(C(O)CNC2CC2)cc1I. The standard InChI is InChI=1S/C11H14FIN2O.ClH/c12-8-3-6(4-9(13)11(8)14)10(16)5-15-7-1-2-7;/h3-4,7,10,15-16H,1-2,5,14H2;1H. The molecule has 2 rings (SSSR count). The van der Waals surface area contributed by atoms with Gasteiger partial charge < -0.3 is 16.2 Å². The van der Waals surface area contributed by atoms with Gasteiger partial charge in [0.15, 0.2) is 0 Å². The van der Waals surface area contributed by atoms with Crippen molar-refractivity contribution in [3.63, 3.8) is 0 Å². The second kappa shape index (κ2) is 6.17. The van der Waals surface area contributed by atoms with Crippen molar-refractivity contribution in [2.45, 2.75) is 25.0 Å². The molecule has 1 atom stereocenters. The topological polar surface area (TPSA) is 58.3 Å². The second-order valence-corrected chi connectivity index (χ2v) is 5.26. The zero-order chi connectivity index (χ0) is 11.7. The molecule has 0 heterocycles. The molecule has 1 aromatic carbocycles. The first-order valence-electron chi connectivity index (χ1n) is 5.24. The number of nitrogen functional groups attached to an aromatic ring is 1. The maximum Gasteiger partial charge on any atom is 0.147 e. The fourth-order valence-corrected chi connectivity index (χ4v) is 2.10. The third kappa shape index (κ3) is 3.94. The molecule has 0 aromatic heterocycles. The Hall–Kier alpha value is -0.110. The first-order valence-corrected chi connectivity index (χ1v) is 6.31. The van der Waals surface area contributed by atoms with E-state index in [2.05, 4.69) is 5.32 Å². The van der Waals surface area contributed by atoms with Crippen LogP contribution >= 0.6 is 35.0 Å². The summed E-state index contributed by atoms with van der Waals surface area (Å²) in [6.07, 6.45) is 1.66. The highest BCUT2D eigenvalue weighted by Crippen LogP contribution is 2.25. The van der Waals surface area contributed by atoms with Crippen LogP contribution in [0.25, 0.3) is 0 Å². The minimum absolute atomic E-state index is 0. The van der Waals surface area contributed by atoms with E-state index in [4.69, 9.17) is 5.73 Å². The molecule has 4 N–H and O–H groups in total. The molecule has 1 aliphatic carbocycles. The van der Waals surface area contributed by atoms with Crippen molar-refractivity contribution in [2.24, 2.45) is 0 Å². The van der Waals surface area contributed by atoms with Gasteiger partial charge in [-0.05, 0) is 53.1 Å². The average molecular weight is 373 g/mol. The fraction of sp³-hybridized carbons (Fsp3) is 0.455. The quantitative estimate of drug-likeness (QED) is 0.561. The van der Waals surface area contributed by atoms with Gasteiger partial charge in [-0.1, -0.05) is 0 Å². The van der Waals surface area contributed by atoms with Crippen LogP contribution in [0.1, 0.15) is 24.5 Å². The van der Waals surface area contributed by atoms with E-state index in [-0.39, 0.29) is 18.1 Å². The summed E-state index contributed by atoms with van der Waals surface area (Å²) in [7, 11) is 0. The van der Waals surface area contributed by atoms with Crippen LogP contribution in [-0.2, 0) is 0 Å². The van der Waals surface area contributed by atoms with Gasteiger partial charge in [-0.15, -0.1) is 12.4 Å². The molecule has 0 saturated heterocycles. The van der Waals surface area contributed by atoms with E-state index in [9.17, 15) is 9.50 Å². The van der Waals surface area contributed by atoms with Gasteiger partial charge >= 0.3 is 0 Å². The van der Waals surface area contributed by atoms with Crippen LogP contribution in [0.4, 0.5) is 10.1 Å². The van der Waals surface area contributed by atoms with E-state index in [1.165, 1.54) is 18.9 Å². The summed E-state index contributed by atoms with van der Waals surface area (Å²) < 4.78 is 14.0. The Morgan fingerprint density at radius 2 is 2.18 bits per heavy atom. The Morgan fingerprint density at radius 1 is 1.53 bits per heavy atom. The number of benzene rings is 1. The number of hydrogen-bond acceptors (Lipinski definition) is 3. The van der Waals surface area contributed by atoms with Gasteiger partial charge in [0, 0.05) is 16.2 Å². The van der Waals surface area contributed by atoms with Gasteiger partial charge in [0.1, 0.15) is 5.82 Å². The minimum atomic E-state index is -0.677. The van der Waals surface area contributed by atoms with Gasteiger partial charge in [0.25, 0.3) is 0 Å². The predicted octanol–water partition coefficient (Wildman–Crippen LogP) is 2.22. The molecular weight excluding hydrogens is 357 g/mol. The summed E-state index contributed by atoms with van der Waals surface area (Å²) in [6, 6.07) is 3.56. The van der Waals surface area contributed by atoms with Crippen molar-refractivity contribution in [2.75, 3.05) is 12.3 Å². The highest BCUT2D eigenvalue weighted by atomic mass is 127. The molecule has 1 saturated carbocycles. The summed E-state index contributed by atoms with van der Waals surface area (Å²) >= 11 is 1.97. The third-order valence-corrected chi connectivity index (χ3v) is 3.56. The van der Waals surface area contributed by atoms with Crippen molar-refractivity contribution in [3.8, 4) is 0 Å². The Bertz CT molecular complexity index is 378. The van der Waals surface area contributed by atoms with E-state index in [0.29, 0.717) is 21.7 Å². The van der Waals surface area contributed by atoms with Crippen LogP contribution in [0.2, 0.25) is 0 Å². The molecule has 1 aromatic rings. The van der Waals surface area contributed by atoms with Crippen LogP contribution in [-0.4, -0.2) is 17.7 Å². The lowest BCUT2D eigenvalue weighted by Crippen LogP contribution is -2.23. The molecule has 1 unspecified atom stereocenters. The number of hydrogen-bond donors (Lipinski definition) is 3. The Kier molecular flexibility index (Phi) is 5.43. The van der Waals surface area contributed by atoms with E-state index >= 15 is 0 Å². The van der Waals surface area contributed by atoms with Crippen LogP contribution in [0.15, 0.2) is 12.1 Å². The highest BCUT2D eigenvalue weighted by Gasteiger charge is 2.22. The maximum absolute atomic E-state index is 13.4. The summed E-state index contributed by atoms with van der Waals surface area (Å²) in [5.41, 5.74) is 6.22. The minimum Gasteiger partial charge on any atom is -0.395 e. The van der Waals surface area contributed by atoms with E-state index in [1.807, 2.05) is 22.6 Å². The van der Waals surface area contributed by atoms with Crippen molar-refractivity contribution in [3.05, 3.63) is 27.1 Å². The molecule has 0 aliphatic heterocycles. The van der Waals surface area contributed by atoms with Gasteiger partial charge in [0.2, 0.25) is 0 Å². The molecule has 0 spiro atoms. The largest absolute Gasteiger partial charge is 0.395 e. The normalized spacial score (nSPS) is 16.4. The zero-order valence-electron chi connectivity index (χ0n) is 9.12. The number of aliphatic hydroxyl groups is 1. The van der Waals surface area contributed by atoms with Gasteiger partial charge in [-0.3, -0.25) is 0 Å². The third-order valence-electron chi connectivity index (χ3n) is 2.66. The number of aliphatic hydroxyl groups excluding tert-OH is 1. The maximum atomic E-state index is 13.4. The summed E-state index contributed by atoms with van der Waals surface area (Å²) in [6.45, 7) is 0.462. The second-order valence-electron chi connectivity index (χ2n) is 4.10. The van der Waals surface area contributed by atoms with Crippen LogP contribution in [0.5, 0.6) is 0 Å². The van der Waals surface area contributed by atoms with Crippen LogP contribution in [0.3, 0.4) is 0 Å². The molecule has 1 aliphatic rings. The van der Waals surface area contributed by atoms with Gasteiger partial charge in [-0.25, -0.2) is 4.39 Å². The van der Waals surface area contributed by atoms with Crippen molar-refractivity contribution < 1.29 is 9.50 Å². The Balaban J connectivity index is 0.00000144. The van der Waals surface area contributed by atoms with Crippen molar-refractivity contribution in [1.82, 2.24) is 5.32 Å². The predicted molar refractivity (Wildman–Crippen MR) is 76.8 cm³/mol. The first kappa shape index (κ1) is 14.9. The van der Waals surface area contributed by atoms with Crippen molar-refractivity contribution >= 4 is 40.7 Å². The lowest BCUT2D eigenvalue weighted by Gasteiger charge is -2.13. The highest BCUT2D eigenvalue weighted by molar-refractivity contribution is 14.1. The number of nitrogens with two attached hydrogens (primary N) is 1.